The van der Waals surface area contributed by atoms with Crippen LogP contribution in [0.2, 0.25) is 5.02 Å². The number of hydrogen-bond acceptors (Lipinski definition) is 8. The number of nitrogens with zero attached hydrogens (tertiary/aromatic N) is 4. The van der Waals surface area contributed by atoms with Crippen LogP contribution in [-0.2, 0) is 14.8 Å². The molecule has 0 saturated heterocycles. The summed E-state index contributed by atoms with van der Waals surface area (Å²) in [5, 5.41) is 9.18. The standard InChI is InChI=1S/C19H12ClN5O3S2.C2HF3O2/c1-21-11-28-17-9-13(20)2-4-16(17)18-15-5-3-14(8-12(15)6-7-22-18)30(26,27)25-19-23-10-24-29-19;3-2(4,5)1(6)7/h2-10H,11H2,(H,23,24,25);(H,6,7). The number of carbonyl (C=O) groups is 1. The lowest BCUT2D eigenvalue weighted by Crippen LogP contribution is -2.21. The van der Waals surface area contributed by atoms with Crippen molar-refractivity contribution in [2.45, 2.75) is 11.1 Å². The van der Waals surface area contributed by atoms with Crippen molar-refractivity contribution in [1.82, 2.24) is 14.3 Å². The number of alkyl halides is 3. The van der Waals surface area contributed by atoms with E-state index in [-0.39, 0.29) is 16.8 Å². The smallest absolute Gasteiger partial charge is 0.475 e. The van der Waals surface area contributed by atoms with Gasteiger partial charge in [-0.05, 0) is 41.8 Å². The Morgan fingerprint density at radius 2 is 1.92 bits per heavy atom. The van der Waals surface area contributed by atoms with Crippen molar-refractivity contribution in [3.05, 3.63) is 71.4 Å². The van der Waals surface area contributed by atoms with Crippen LogP contribution in [-0.4, -0.2) is 46.7 Å². The normalized spacial score (nSPS) is 11.2. The van der Waals surface area contributed by atoms with Crippen molar-refractivity contribution in [2.75, 3.05) is 11.5 Å². The van der Waals surface area contributed by atoms with Gasteiger partial charge in [-0.3, -0.25) is 14.6 Å². The number of nitrogens with one attached hydrogen (secondary N) is 1. The summed E-state index contributed by atoms with van der Waals surface area (Å²) >= 11 is 7.02. The quantitative estimate of drug-likeness (QED) is 0.305. The molecule has 0 unspecified atom stereocenters. The number of ether oxygens (including phenoxy) is 1. The number of sulfonamides is 1. The van der Waals surface area contributed by atoms with Crippen LogP contribution in [0.25, 0.3) is 26.9 Å². The zero-order valence-corrected chi connectivity index (χ0v) is 20.5. The summed E-state index contributed by atoms with van der Waals surface area (Å²) < 4.78 is 68.8. The molecule has 0 atom stereocenters. The Kier molecular flexibility index (Phi) is 8.48. The molecule has 2 N–H and O–H groups in total. The van der Waals surface area contributed by atoms with E-state index in [4.69, 9.17) is 32.8 Å². The van der Waals surface area contributed by atoms with Crippen molar-refractivity contribution in [1.29, 1.82) is 0 Å². The lowest BCUT2D eigenvalue weighted by Gasteiger charge is -2.12. The van der Waals surface area contributed by atoms with Gasteiger partial charge in [-0.2, -0.15) is 17.5 Å². The van der Waals surface area contributed by atoms with E-state index >= 15 is 0 Å². The molecule has 37 heavy (non-hydrogen) atoms. The van der Waals surface area contributed by atoms with Crippen molar-refractivity contribution in [2.24, 2.45) is 0 Å². The first-order chi connectivity index (χ1) is 17.4. The number of pyridine rings is 1. The third-order valence-electron chi connectivity index (χ3n) is 4.36. The molecule has 2 aromatic heterocycles. The fraction of sp³-hybridized carbons (Fsp3) is 0.0952. The Morgan fingerprint density at radius 1 is 1.19 bits per heavy atom. The Balaban J connectivity index is 0.000000479. The topological polar surface area (TPSA) is 136 Å². The lowest BCUT2D eigenvalue weighted by atomic mass is 10.0. The number of anilines is 1. The number of fused-ring (bicyclic) bond motifs is 1. The van der Waals surface area contributed by atoms with Crippen LogP contribution >= 0.6 is 23.1 Å². The monoisotopic (exact) mass is 571 g/mol. The Morgan fingerprint density at radius 3 is 2.54 bits per heavy atom. The van der Waals surface area contributed by atoms with E-state index in [0.717, 1.165) is 16.9 Å². The molecule has 4 aromatic rings. The Labute approximate surface area is 216 Å². The Hall–Kier alpha value is -4.00. The highest BCUT2D eigenvalue weighted by Crippen LogP contribution is 2.36. The molecule has 0 bridgehead atoms. The molecule has 4 rings (SSSR count). The van der Waals surface area contributed by atoms with Gasteiger partial charge in [-0.25, -0.2) is 24.8 Å². The van der Waals surface area contributed by atoms with Gasteiger partial charge >= 0.3 is 18.9 Å². The number of benzene rings is 2. The summed E-state index contributed by atoms with van der Waals surface area (Å²) in [4.78, 5) is 20.5. The van der Waals surface area contributed by atoms with E-state index in [2.05, 4.69) is 23.9 Å². The van der Waals surface area contributed by atoms with E-state index in [1.54, 1.807) is 42.6 Å². The van der Waals surface area contributed by atoms with Crippen LogP contribution in [0.3, 0.4) is 0 Å². The maximum absolute atomic E-state index is 12.7. The molecule has 2 heterocycles. The molecule has 0 fully saturated rings. The summed E-state index contributed by atoms with van der Waals surface area (Å²) in [7, 11) is -3.82. The molecule has 10 nitrogen and oxygen atoms in total. The lowest BCUT2D eigenvalue weighted by molar-refractivity contribution is -0.192. The highest BCUT2D eigenvalue weighted by molar-refractivity contribution is 7.93. The maximum Gasteiger partial charge on any atom is 0.490 e. The van der Waals surface area contributed by atoms with Crippen LogP contribution in [0.5, 0.6) is 5.75 Å². The minimum Gasteiger partial charge on any atom is -0.475 e. The third-order valence-corrected chi connectivity index (χ3v) is 6.64. The molecular formula is C21H13ClF3N5O5S2. The Bertz CT molecular complexity index is 1580. The van der Waals surface area contributed by atoms with E-state index in [1.807, 2.05) is 0 Å². The molecule has 16 heteroatoms. The average Bonchev–Trinajstić information content (AvgIpc) is 3.34. The molecule has 192 valence electrons. The summed E-state index contributed by atoms with van der Waals surface area (Å²) in [6, 6.07) is 11.5. The van der Waals surface area contributed by atoms with Crippen LogP contribution in [0.4, 0.5) is 18.3 Å². The van der Waals surface area contributed by atoms with Gasteiger partial charge in [-0.1, -0.05) is 17.7 Å². The van der Waals surface area contributed by atoms with Crippen LogP contribution < -0.4 is 9.46 Å². The second kappa shape index (κ2) is 11.4. The van der Waals surface area contributed by atoms with Gasteiger partial charge in [0.05, 0.1) is 10.6 Å². The van der Waals surface area contributed by atoms with Crippen LogP contribution in [0.1, 0.15) is 0 Å². The van der Waals surface area contributed by atoms with E-state index in [0.29, 0.717) is 27.4 Å². The molecule has 0 spiro atoms. The number of carboxylic acid groups (broad SMARTS) is 1. The fourth-order valence-corrected chi connectivity index (χ4v) is 4.70. The highest BCUT2D eigenvalue weighted by Gasteiger charge is 2.38. The summed E-state index contributed by atoms with van der Waals surface area (Å²) in [5.41, 5.74) is 1.24. The van der Waals surface area contributed by atoms with Gasteiger partial charge in [0, 0.05) is 33.7 Å². The highest BCUT2D eigenvalue weighted by atomic mass is 35.5. The number of rotatable bonds is 6. The van der Waals surface area contributed by atoms with Crippen molar-refractivity contribution < 1.29 is 36.2 Å². The van der Waals surface area contributed by atoms with Crippen molar-refractivity contribution in [3.8, 4) is 17.0 Å². The van der Waals surface area contributed by atoms with Gasteiger partial charge in [0.1, 0.15) is 12.1 Å². The largest absolute Gasteiger partial charge is 0.490 e. The van der Waals surface area contributed by atoms with Gasteiger partial charge in [0.15, 0.2) is 0 Å². The zero-order valence-electron chi connectivity index (χ0n) is 18.1. The molecule has 0 amide bonds. The number of carboxylic acids is 1. The minimum atomic E-state index is -5.08. The minimum absolute atomic E-state index is 0.0861. The molecule has 2 aromatic carbocycles. The number of halogens is 4. The van der Waals surface area contributed by atoms with Crippen molar-refractivity contribution >= 4 is 55.0 Å². The van der Waals surface area contributed by atoms with E-state index < -0.39 is 22.2 Å². The van der Waals surface area contributed by atoms with E-state index in [9.17, 15) is 21.6 Å². The first kappa shape index (κ1) is 27.6. The predicted octanol–water partition coefficient (Wildman–Crippen LogP) is 5.10. The molecule has 0 saturated carbocycles. The summed E-state index contributed by atoms with van der Waals surface area (Å²) in [6.07, 6.45) is -2.22. The molecule has 0 aliphatic carbocycles. The second-order valence-electron chi connectivity index (χ2n) is 6.77. The third kappa shape index (κ3) is 7.03. The fourth-order valence-electron chi connectivity index (χ4n) is 2.84. The van der Waals surface area contributed by atoms with Gasteiger partial charge in [0.2, 0.25) is 5.13 Å². The van der Waals surface area contributed by atoms with Crippen LogP contribution in [0.15, 0.2) is 59.9 Å². The average molecular weight is 572 g/mol. The number of aromatic nitrogens is 3. The SMILES string of the molecule is O=C(O)C(F)(F)F.[C-]#[N+]COc1cc(Cl)ccc1-c1nccc2cc(S(=O)(=O)Nc3ncns3)ccc12. The number of aliphatic carboxylic acids is 1. The van der Waals surface area contributed by atoms with Gasteiger partial charge in [0.25, 0.3) is 10.0 Å². The van der Waals surface area contributed by atoms with Crippen molar-refractivity contribution in [3.63, 3.8) is 0 Å². The zero-order chi connectivity index (χ0) is 27.2. The first-order valence-corrected chi connectivity index (χ1v) is 12.3. The first-order valence-electron chi connectivity index (χ1n) is 9.66. The number of hydrogen-bond donors (Lipinski definition) is 2. The van der Waals surface area contributed by atoms with E-state index in [1.165, 1.54) is 12.4 Å². The maximum atomic E-state index is 12.7. The van der Waals surface area contributed by atoms with Gasteiger partial charge < -0.3 is 9.84 Å². The van der Waals surface area contributed by atoms with Crippen LogP contribution in [0, 0.1) is 6.57 Å². The molecular weight excluding hydrogens is 559 g/mol. The predicted molar refractivity (Wildman–Crippen MR) is 129 cm³/mol. The summed E-state index contributed by atoms with van der Waals surface area (Å²) in [6.45, 7) is 6.79. The molecule has 0 aliphatic heterocycles. The summed E-state index contributed by atoms with van der Waals surface area (Å²) in [5.74, 6) is -2.33. The van der Waals surface area contributed by atoms with Gasteiger partial charge in [-0.15, -0.1) is 0 Å². The molecule has 0 aliphatic rings. The second-order valence-corrected chi connectivity index (χ2v) is 9.67. The molecule has 0 radical (unpaired) electrons.